The van der Waals surface area contributed by atoms with Crippen molar-refractivity contribution >= 4 is 0 Å². The van der Waals surface area contributed by atoms with Crippen LogP contribution in [0.25, 0.3) is 0 Å². The van der Waals surface area contributed by atoms with Gasteiger partial charge in [-0.25, -0.2) is 0 Å². The maximum atomic E-state index is 9.76. The molecule has 0 aromatic carbocycles. The third kappa shape index (κ3) is 7.60. The Kier molecular flexibility index (Phi) is 12.3. The van der Waals surface area contributed by atoms with Crippen molar-refractivity contribution in [3.63, 3.8) is 0 Å². The van der Waals surface area contributed by atoms with Gasteiger partial charge in [0.05, 0.1) is 0 Å². The van der Waals surface area contributed by atoms with Gasteiger partial charge in [-0.05, 0) is 18.2 Å². The van der Waals surface area contributed by atoms with Crippen LogP contribution in [0, 0.1) is 0 Å². The number of hydrogen-bond acceptors (Lipinski definition) is 2. The number of halogens is 1. The second-order valence-electron chi connectivity index (χ2n) is 4.39. The number of hydroxylamine groups is 4. The highest BCUT2D eigenvalue weighted by Gasteiger charge is 2.31. The van der Waals surface area contributed by atoms with Crippen LogP contribution >= 0.6 is 0 Å². The number of hydrogen-bond donors (Lipinski definition) is 2. The van der Waals surface area contributed by atoms with Crippen molar-refractivity contribution < 1.29 is 32.2 Å². The summed E-state index contributed by atoms with van der Waals surface area (Å²) in [6, 6.07) is -0.00291. The van der Waals surface area contributed by atoms with E-state index in [0.717, 1.165) is 25.7 Å². The average Bonchev–Trinajstić information content (AvgIpc) is 2.22. The molecular formula is C12H28BrNO2. The molecule has 1 atom stereocenters. The molecule has 0 bridgehead atoms. The third-order valence-corrected chi connectivity index (χ3v) is 3.06. The monoisotopic (exact) mass is 297 g/mol. The second-order valence-corrected chi connectivity index (χ2v) is 4.39. The first-order chi connectivity index (χ1) is 7.08. The highest BCUT2D eigenvalue weighted by Crippen LogP contribution is 2.18. The molecule has 0 heterocycles. The van der Waals surface area contributed by atoms with Crippen molar-refractivity contribution in [3.05, 3.63) is 0 Å². The summed E-state index contributed by atoms with van der Waals surface area (Å²) in [4.78, 5) is -0.792. The fourth-order valence-electron chi connectivity index (χ4n) is 1.96. The molecular weight excluding hydrogens is 270 g/mol. The van der Waals surface area contributed by atoms with Gasteiger partial charge in [-0.2, -0.15) is 10.4 Å². The molecule has 2 N–H and O–H groups in total. The molecule has 16 heavy (non-hydrogen) atoms. The zero-order valence-corrected chi connectivity index (χ0v) is 12.5. The molecule has 0 rings (SSSR count). The molecule has 0 saturated heterocycles. The van der Waals surface area contributed by atoms with Crippen LogP contribution in [0.2, 0.25) is 0 Å². The summed E-state index contributed by atoms with van der Waals surface area (Å²) >= 11 is 0. The normalized spacial score (nSPS) is 13.3. The maximum absolute atomic E-state index is 9.76. The van der Waals surface area contributed by atoms with Crippen molar-refractivity contribution in [3.8, 4) is 0 Å². The molecule has 0 aromatic rings. The minimum Gasteiger partial charge on any atom is -1.00 e. The molecule has 0 aliphatic heterocycles. The van der Waals surface area contributed by atoms with E-state index in [1.807, 2.05) is 6.92 Å². The lowest BCUT2D eigenvalue weighted by Gasteiger charge is -2.29. The average molecular weight is 298 g/mol. The Bertz CT molecular complexity index is 154. The summed E-state index contributed by atoms with van der Waals surface area (Å²) in [5, 5.41) is 19.5. The van der Waals surface area contributed by atoms with Crippen molar-refractivity contribution in [2.24, 2.45) is 0 Å². The molecule has 100 valence electrons. The molecule has 0 radical (unpaired) electrons. The van der Waals surface area contributed by atoms with Gasteiger partial charge < -0.3 is 17.0 Å². The lowest BCUT2D eigenvalue weighted by molar-refractivity contribution is -1.26. The van der Waals surface area contributed by atoms with Crippen LogP contribution in [-0.2, 0) is 0 Å². The Morgan fingerprint density at radius 3 is 1.94 bits per heavy atom. The first kappa shape index (κ1) is 18.7. The Morgan fingerprint density at radius 1 is 0.875 bits per heavy atom. The van der Waals surface area contributed by atoms with E-state index in [0.29, 0.717) is 6.54 Å². The van der Waals surface area contributed by atoms with Gasteiger partial charge in [-0.3, -0.25) is 0 Å². The molecule has 0 saturated carbocycles. The zero-order chi connectivity index (χ0) is 11.7. The largest absolute Gasteiger partial charge is 1.00 e. The number of quaternary nitrogens is 1. The van der Waals surface area contributed by atoms with Crippen LogP contribution in [0.15, 0.2) is 0 Å². The van der Waals surface area contributed by atoms with Crippen molar-refractivity contribution in [1.82, 2.24) is 0 Å². The summed E-state index contributed by atoms with van der Waals surface area (Å²) in [5.74, 6) is 0. The predicted molar refractivity (Wildman–Crippen MR) is 61.8 cm³/mol. The smallest absolute Gasteiger partial charge is 0.152 e. The lowest BCUT2D eigenvalue weighted by Crippen LogP contribution is -3.00. The van der Waals surface area contributed by atoms with Gasteiger partial charge in [0.25, 0.3) is 0 Å². The Labute approximate surface area is 111 Å². The molecule has 3 nitrogen and oxygen atoms in total. The predicted octanol–water partition coefficient (Wildman–Crippen LogP) is 0.745. The molecule has 4 heteroatoms. The number of rotatable bonds is 9. The summed E-state index contributed by atoms with van der Waals surface area (Å²) in [5.41, 5.74) is 0. The van der Waals surface area contributed by atoms with E-state index in [1.54, 1.807) is 0 Å². The van der Waals surface area contributed by atoms with Gasteiger partial charge in [-0.15, -0.1) is 0 Å². The molecule has 0 fully saturated rings. The zero-order valence-electron chi connectivity index (χ0n) is 11.0. The van der Waals surface area contributed by atoms with E-state index in [2.05, 4.69) is 13.8 Å². The van der Waals surface area contributed by atoms with Gasteiger partial charge in [0.1, 0.15) is 6.54 Å². The van der Waals surface area contributed by atoms with Crippen LogP contribution in [0.4, 0.5) is 0 Å². The van der Waals surface area contributed by atoms with E-state index in [9.17, 15) is 10.4 Å². The molecule has 0 spiro atoms. The van der Waals surface area contributed by atoms with Gasteiger partial charge in [0.15, 0.2) is 6.04 Å². The van der Waals surface area contributed by atoms with Crippen LogP contribution in [0.1, 0.15) is 65.7 Å². The van der Waals surface area contributed by atoms with Crippen LogP contribution in [-0.4, -0.2) is 27.8 Å². The molecule has 0 amide bonds. The highest BCUT2D eigenvalue weighted by atomic mass is 79.9. The molecule has 0 aliphatic carbocycles. The molecule has 1 unspecified atom stereocenters. The summed E-state index contributed by atoms with van der Waals surface area (Å²) in [6.07, 6.45) is 7.63. The highest BCUT2D eigenvalue weighted by molar-refractivity contribution is 4.56. The fraction of sp³-hybridized carbons (Fsp3) is 1.00. The minimum atomic E-state index is -0.792. The SMILES string of the molecule is CCCCCCC(CCC)[N+](O)(O)CC.[Br-]. The molecule has 0 aliphatic rings. The number of unbranched alkanes of at least 4 members (excludes halogenated alkanes) is 3. The number of nitrogens with zero attached hydrogens (tertiary/aromatic N) is 1. The summed E-state index contributed by atoms with van der Waals surface area (Å²) < 4.78 is 0. The minimum absolute atomic E-state index is 0. The van der Waals surface area contributed by atoms with Crippen molar-refractivity contribution in [2.45, 2.75) is 71.8 Å². The van der Waals surface area contributed by atoms with E-state index < -0.39 is 4.81 Å². The quantitative estimate of drug-likeness (QED) is 0.374. The summed E-state index contributed by atoms with van der Waals surface area (Å²) in [7, 11) is 0. The maximum Gasteiger partial charge on any atom is 0.152 e. The first-order valence-electron chi connectivity index (χ1n) is 6.41. The Hall–Kier alpha value is 0.360. The Morgan fingerprint density at radius 2 is 1.50 bits per heavy atom. The standard InChI is InChI=1S/C12H28NO2.BrH/c1-4-7-8-9-11-12(10-5-2)13(14,15)6-3;/h12,14-15H,4-11H2,1-3H3;1H/q+1;/p-1. The van der Waals surface area contributed by atoms with E-state index in [4.69, 9.17) is 0 Å². The van der Waals surface area contributed by atoms with Gasteiger partial charge in [-0.1, -0.05) is 39.5 Å². The van der Waals surface area contributed by atoms with Crippen LogP contribution < -0.4 is 17.0 Å². The van der Waals surface area contributed by atoms with E-state index >= 15 is 0 Å². The third-order valence-electron chi connectivity index (χ3n) is 3.06. The lowest BCUT2D eigenvalue weighted by atomic mass is 10.0. The van der Waals surface area contributed by atoms with Crippen LogP contribution in [0.3, 0.4) is 0 Å². The van der Waals surface area contributed by atoms with Gasteiger partial charge >= 0.3 is 0 Å². The summed E-state index contributed by atoms with van der Waals surface area (Å²) in [6.45, 7) is 6.47. The molecule has 0 aromatic heterocycles. The second kappa shape index (κ2) is 10.5. The topological polar surface area (TPSA) is 40.5 Å². The van der Waals surface area contributed by atoms with E-state index in [1.165, 1.54) is 19.3 Å². The first-order valence-corrected chi connectivity index (χ1v) is 6.41. The van der Waals surface area contributed by atoms with Crippen LogP contribution in [0.5, 0.6) is 0 Å². The van der Waals surface area contributed by atoms with Gasteiger partial charge in [0.2, 0.25) is 0 Å². The van der Waals surface area contributed by atoms with Gasteiger partial charge in [0, 0.05) is 12.8 Å². The fourth-order valence-corrected chi connectivity index (χ4v) is 1.96. The Balaban J connectivity index is 0. The van der Waals surface area contributed by atoms with Crippen molar-refractivity contribution in [1.29, 1.82) is 0 Å². The van der Waals surface area contributed by atoms with Crippen molar-refractivity contribution in [2.75, 3.05) is 6.54 Å². The van der Waals surface area contributed by atoms with E-state index in [-0.39, 0.29) is 23.0 Å².